The summed E-state index contributed by atoms with van der Waals surface area (Å²) in [6, 6.07) is 7.30. The summed E-state index contributed by atoms with van der Waals surface area (Å²) in [7, 11) is 0. The number of ether oxygens (including phenoxy) is 1. The van der Waals surface area contributed by atoms with Gasteiger partial charge >= 0.3 is 0 Å². The first-order chi connectivity index (χ1) is 12.6. The smallest absolute Gasteiger partial charge is 0.251 e. The second-order valence-electron chi connectivity index (χ2n) is 6.89. The first kappa shape index (κ1) is 17.2. The maximum absolute atomic E-state index is 12.5. The van der Waals surface area contributed by atoms with Gasteiger partial charge in [0.2, 0.25) is 5.06 Å². The summed E-state index contributed by atoms with van der Waals surface area (Å²) in [5.41, 5.74) is 0.627. The van der Waals surface area contributed by atoms with E-state index >= 15 is 0 Å². The molecule has 0 saturated carbocycles. The third kappa shape index (κ3) is 3.64. The average Bonchev–Trinajstić information content (AvgIpc) is 3.12. The Morgan fingerprint density at radius 2 is 1.96 bits per heavy atom. The third-order valence-corrected chi connectivity index (χ3v) is 6.07. The number of carbonyl (C=O) groups excluding carboxylic acids is 2. The minimum absolute atomic E-state index is 0.0352. The molecule has 1 aromatic carbocycles. The van der Waals surface area contributed by atoms with Gasteiger partial charge in [0.15, 0.2) is 10.8 Å². The number of thiazole rings is 1. The Hall–Kier alpha value is -2.25. The van der Waals surface area contributed by atoms with E-state index in [0.29, 0.717) is 27.3 Å². The van der Waals surface area contributed by atoms with Crippen LogP contribution in [0.1, 0.15) is 39.9 Å². The number of carbonyl (C=O) groups is 2. The van der Waals surface area contributed by atoms with E-state index in [-0.39, 0.29) is 17.7 Å². The van der Waals surface area contributed by atoms with Crippen molar-refractivity contribution in [3.05, 3.63) is 41.0 Å². The SMILES string of the molecule is CC(=O)c1ncc(Oc2ccc(C(=O)NC3CN4CCC3CC4)cc2)s1. The van der Waals surface area contributed by atoms with Crippen molar-refractivity contribution in [2.45, 2.75) is 25.8 Å². The molecule has 7 heteroatoms. The number of rotatable bonds is 5. The van der Waals surface area contributed by atoms with Gasteiger partial charge in [0.25, 0.3) is 5.91 Å². The van der Waals surface area contributed by atoms with Gasteiger partial charge in [-0.1, -0.05) is 11.3 Å². The lowest BCUT2D eigenvalue weighted by Gasteiger charge is -2.44. The normalized spacial score (nSPS) is 24.3. The van der Waals surface area contributed by atoms with Crippen LogP contribution in [0.15, 0.2) is 30.5 Å². The molecule has 136 valence electrons. The van der Waals surface area contributed by atoms with Crippen LogP contribution in [0.3, 0.4) is 0 Å². The van der Waals surface area contributed by atoms with E-state index < -0.39 is 0 Å². The summed E-state index contributed by atoms with van der Waals surface area (Å²) in [4.78, 5) is 30.2. The highest BCUT2D eigenvalue weighted by molar-refractivity contribution is 7.15. The molecular weight excluding hydrogens is 350 g/mol. The summed E-state index contributed by atoms with van der Waals surface area (Å²) in [6.45, 7) is 4.75. The summed E-state index contributed by atoms with van der Waals surface area (Å²) in [5.74, 6) is 1.10. The number of benzene rings is 1. The Morgan fingerprint density at radius 1 is 1.23 bits per heavy atom. The number of piperidine rings is 3. The Morgan fingerprint density at radius 3 is 2.54 bits per heavy atom. The number of hydrogen-bond donors (Lipinski definition) is 1. The molecule has 1 N–H and O–H groups in total. The van der Waals surface area contributed by atoms with Crippen LogP contribution in [0.2, 0.25) is 0 Å². The topological polar surface area (TPSA) is 71.5 Å². The molecular formula is C19H21N3O3S. The van der Waals surface area contributed by atoms with Crippen LogP contribution in [0.5, 0.6) is 10.8 Å². The Balaban J connectivity index is 1.37. The quantitative estimate of drug-likeness (QED) is 0.818. The second-order valence-corrected chi connectivity index (χ2v) is 7.88. The predicted octanol–water partition coefficient (Wildman–Crippen LogP) is 2.96. The Bertz CT molecular complexity index is 810. The van der Waals surface area contributed by atoms with Crippen molar-refractivity contribution in [1.82, 2.24) is 15.2 Å². The molecule has 1 atom stereocenters. The monoisotopic (exact) mass is 371 g/mol. The van der Waals surface area contributed by atoms with Gasteiger partial charge in [0, 0.05) is 25.1 Å². The van der Waals surface area contributed by atoms with Crippen LogP contribution < -0.4 is 10.1 Å². The van der Waals surface area contributed by atoms with Crippen LogP contribution >= 0.6 is 11.3 Å². The van der Waals surface area contributed by atoms with Crippen LogP contribution in [0, 0.1) is 5.92 Å². The molecule has 26 heavy (non-hydrogen) atoms. The number of ketones is 1. The van der Waals surface area contributed by atoms with Crippen LogP contribution in [0.4, 0.5) is 0 Å². The zero-order chi connectivity index (χ0) is 18.1. The molecule has 2 aromatic rings. The Kier molecular flexibility index (Phi) is 4.74. The van der Waals surface area contributed by atoms with E-state index in [2.05, 4.69) is 15.2 Å². The number of fused-ring (bicyclic) bond motifs is 3. The van der Waals surface area contributed by atoms with Gasteiger partial charge in [-0.2, -0.15) is 0 Å². The van der Waals surface area contributed by atoms with E-state index in [1.807, 2.05) is 0 Å². The fourth-order valence-corrected chi connectivity index (χ4v) is 4.32. The first-order valence-electron chi connectivity index (χ1n) is 8.86. The zero-order valence-electron chi connectivity index (χ0n) is 14.6. The van der Waals surface area contributed by atoms with Crippen LogP contribution in [-0.4, -0.2) is 47.3 Å². The molecule has 6 nitrogen and oxygen atoms in total. The lowest BCUT2D eigenvalue weighted by molar-refractivity contribution is 0.0620. The van der Waals surface area contributed by atoms with Gasteiger partial charge in [0.1, 0.15) is 5.75 Å². The van der Waals surface area contributed by atoms with E-state index in [1.165, 1.54) is 37.3 Å². The molecule has 0 spiro atoms. The van der Waals surface area contributed by atoms with E-state index in [0.717, 1.165) is 19.6 Å². The number of Topliss-reactive ketones (excluding diaryl/α,β-unsaturated/α-hetero) is 1. The second kappa shape index (κ2) is 7.17. The predicted molar refractivity (Wildman–Crippen MR) is 99.1 cm³/mol. The highest BCUT2D eigenvalue weighted by Crippen LogP contribution is 2.29. The van der Waals surface area contributed by atoms with E-state index in [1.54, 1.807) is 24.3 Å². The zero-order valence-corrected chi connectivity index (χ0v) is 15.4. The Labute approximate surface area is 156 Å². The van der Waals surface area contributed by atoms with Gasteiger partial charge in [-0.15, -0.1) is 0 Å². The number of nitrogens with zero attached hydrogens (tertiary/aromatic N) is 2. The van der Waals surface area contributed by atoms with Crippen molar-refractivity contribution in [3.63, 3.8) is 0 Å². The van der Waals surface area contributed by atoms with Gasteiger partial charge in [0.05, 0.1) is 6.20 Å². The van der Waals surface area contributed by atoms with Crippen molar-refractivity contribution in [3.8, 4) is 10.8 Å². The molecule has 0 radical (unpaired) electrons. The lowest BCUT2D eigenvalue weighted by Crippen LogP contribution is -2.57. The van der Waals surface area contributed by atoms with Gasteiger partial charge in [-0.25, -0.2) is 4.98 Å². The fraction of sp³-hybridized carbons (Fsp3) is 0.421. The molecule has 2 bridgehead atoms. The van der Waals surface area contributed by atoms with Crippen molar-refractivity contribution in [2.75, 3.05) is 19.6 Å². The van der Waals surface area contributed by atoms with E-state index in [9.17, 15) is 9.59 Å². The summed E-state index contributed by atoms with van der Waals surface area (Å²) in [6.07, 6.45) is 3.89. The lowest BCUT2D eigenvalue weighted by atomic mass is 9.84. The largest absolute Gasteiger partial charge is 0.445 e. The highest BCUT2D eigenvalue weighted by atomic mass is 32.1. The molecule has 1 unspecified atom stereocenters. The molecule has 4 heterocycles. The van der Waals surface area contributed by atoms with E-state index in [4.69, 9.17) is 4.74 Å². The summed E-state index contributed by atoms with van der Waals surface area (Å²) < 4.78 is 5.70. The van der Waals surface area contributed by atoms with Crippen molar-refractivity contribution >= 4 is 23.0 Å². The molecule has 5 rings (SSSR count). The summed E-state index contributed by atoms with van der Waals surface area (Å²) in [5, 5.41) is 4.16. The maximum Gasteiger partial charge on any atom is 0.251 e. The molecule has 1 amide bonds. The van der Waals surface area contributed by atoms with Crippen molar-refractivity contribution in [2.24, 2.45) is 5.92 Å². The van der Waals surface area contributed by atoms with Gasteiger partial charge in [-0.3, -0.25) is 9.59 Å². The average molecular weight is 371 g/mol. The van der Waals surface area contributed by atoms with Crippen LogP contribution in [0.25, 0.3) is 0 Å². The number of aromatic nitrogens is 1. The van der Waals surface area contributed by atoms with Crippen LogP contribution in [-0.2, 0) is 0 Å². The molecule has 0 aliphatic carbocycles. The summed E-state index contributed by atoms with van der Waals surface area (Å²) >= 11 is 1.21. The molecule has 3 aliphatic heterocycles. The molecule has 3 aliphatic rings. The molecule has 3 saturated heterocycles. The standard InChI is InChI=1S/C19H21N3O3S/c1-12(23)19-20-10-17(26-19)25-15-4-2-14(3-5-15)18(24)21-16-11-22-8-6-13(16)7-9-22/h2-5,10,13,16H,6-9,11H2,1H3,(H,21,24). The van der Waals surface area contributed by atoms with Crippen molar-refractivity contribution in [1.29, 1.82) is 0 Å². The van der Waals surface area contributed by atoms with Gasteiger partial charge < -0.3 is 15.0 Å². The first-order valence-corrected chi connectivity index (χ1v) is 9.68. The molecule has 1 aromatic heterocycles. The number of amides is 1. The maximum atomic E-state index is 12.5. The number of hydrogen-bond acceptors (Lipinski definition) is 6. The number of nitrogens with one attached hydrogen (secondary N) is 1. The highest BCUT2D eigenvalue weighted by Gasteiger charge is 2.34. The minimum atomic E-state index is -0.0791. The third-order valence-electron chi connectivity index (χ3n) is 5.09. The fourth-order valence-electron chi connectivity index (χ4n) is 3.64. The van der Waals surface area contributed by atoms with Gasteiger partial charge in [-0.05, 0) is 56.1 Å². The molecule has 3 fully saturated rings. The minimum Gasteiger partial charge on any atom is -0.445 e. The van der Waals surface area contributed by atoms with Crippen molar-refractivity contribution < 1.29 is 14.3 Å².